The number of hydrogen-bond acceptors (Lipinski definition) is 3. The Balaban J connectivity index is 2.40. The molecule has 0 radical (unpaired) electrons. The van der Waals surface area contributed by atoms with Gasteiger partial charge in [0.1, 0.15) is 0 Å². The second-order valence-corrected chi connectivity index (χ2v) is 4.63. The highest BCUT2D eigenvalue weighted by Crippen LogP contribution is 2.33. The van der Waals surface area contributed by atoms with Gasteiger partial charge in [0.25, 0.3) is 0 Å². The molecule has 0 spiro atoms. The van der Waals surface area contributed by atoms with Crippen molar-refractivity contribution in [3.8, 4) is 0 Å². The first-order valence-corrected chi connectivity index (χ1v) is 6.18. The Morgan fingerprint density at radius 1 is 1.33 bits per heavy atom. The highest BCUT2D eigenvalue weighted by atomic mass is 19.4. The largest absolute Gasteiger partial charge is 0.481 e. The number of hydrogen-bond donors (Lipinski definition) is 1. The van der Waals surface area contributed by atoms with E-state index in [0.29, 0.717) is 11.1 Å². The van der Waals surface area contributed by atoms with Gasteiger partial charge in [-0.25, -0.2) is 0 Å². The SMILES string of the molecule is CN(CCC(=O)O)c1ccnc2cc(C(F)(F)F)ccc12. The van der Waals surface area contributed by atoms with Crippen LogP contribution >= 0.6 is 0 Å². The standard InChI is InChI=1S/C14H13F3N2O2/c1-19(7-5-13(20)21)12-4-6-18-11-8-9(14(15,16)17)2-3-10(11)12/h2-4,6,8H,5,7H2,1H3,(H,20,21). The van der Waals surface area contributed by atoms with Crippen LogP contribution in [-0.4, -0.2) is 29.7 Å². The molecule has 0 amide bonds. The van der Waals surface area contributed by atoms with E-state index in [9.17, 15) is 18.0 Å². The van der Waals surface area contributed by atoms with Crippen molar-refractivity contribution in [2.45, 2.75) is 12.6 Å². The van der Waals surface area contributed by atoms with Gasteiger partial charge in [0.15, 0.2) is 0 Å². The smallest absolute Gasteiger partial charge is 0.416 e. The minimum absolute atomic E-state index is 0.0546. The number of aromatic nitrogens is 1. The molecule has 2 rings (SSSR count). The van der Waals surface area contributed by atoms with E-state index in [4.69, 9.17) is 5.11 Å². The number of carboxylic acids is 1. The van der Waals surface area contributed by atoms with E-state index in [1.807, 2.05) is 0 Å². The van der Waals surface area contributed by atoms with E-state index in [1.54, 1.807) is 18.0 Å². The zero-order chi connectivity index (χ0) is 15.6. The molecule has 7 heteroatoms. The first-order valence-electron chi connectivity index (χ1n) is 6.18. The molecular weight excluding hydrogens is 285 g/mol. The summed E-state index contributed by atoms with van der Waals surface area (Å²) in [5, 5.41) is 9.24. The van der Waals surface area contributed by atoms with Gasteiger partial charge in [-0.3, -0.25) is 9.78 Å². The first-order chi connectivity index (χ1) is 9.79. The second-order valence-electron chi connectivity index (χ2n) is 4.63. The molecule has 0 saturated carbocycles. The van der Waals surface area contributed by atoms with Crippen LogP contribution in [0.1, 0.15) is 12.0 Å². The molecule has 0 aliphatic carbocycles. The predicted molar refractivity (Wildman–Crippen MR) is 72.3 cm³/mol. The molecule has 0 fully saturated rings. The van der Waals surface area contributed by atoms with Crippen molar-refractivity contribution < 1.29 is 23.1 Å². The third kappa shape index (κ3) is 3.42. The summed E-state index contributed by atoms with van der Waals surface area (Å²) in [5.74, 6) is -0.931. The summed E-state index contributed by atoms with van der Waals surface area (Å²) in [6, 6.07) is 5.00. The first kappa shape index (κ1) is 15.1. The van der Waals surface area contributed by atoms with Gasteiger partial charge >= 0.3 is 12.1 Å². The zero-order valence-corrected chi connectivity index (χ0v) is 11.2. The lowest BCUT2D eigenvalue weighted by molar-refractivity contribution is -0.138. The van der Waals surface area contributed by atoms with E-state index in [0.717, 1.165) is 12.1 Å². The maximum atomic E-state index is 12.7. The zero-order valence-electron chi connectivity index (χ0n) is 11.2. The van der Waals surface area contributed by atoms with E-state index < -0.39 is 17.7 Å². The minimum Gasteiger partial charge on any atom is -0.481 e. The molecule has 2 aromatic rings. The molecule has 0 aliphatic rings. The van der Waals surface area contributed by atoms with Crippen LogP contribution in [-0.2, 0) is 11.0 Å². The lowest BCUT2D eigenvalue weighted by Crippen LogP contribution is -2.21. The van der Waals surface area contributed by atoms with Crippen LogP contribution in [0.5, 0.6) is 0 Å². The van der Waals surface area contributed by atoms with Crippen LogP contribution in [0.25, 0.3) is 10.9 Å². The summed E-state index contributed by atoms with van der Waals surface area (Å²) >= 11 is 0. The van der Waals surface area contributed by atoms with Crippen molar-refractivity contribution in [3.63, 3.8) is 0 Å². The molecule has 0 saturated heterocycles. The number of pyridine rings is 1. The lowest BCUT2D eigenvalue weighted by atomic mass is 10.1. The summed E-state index contributed by atoms with van der Waals surface area (Å²) in [7, 11) is 1.69. The highest BCUT2D eigenvalue weighted by Gasteiger charge is 2.30. The van der Waals surface area contributed by atoms with E-state index in [1.165, 1.54) is 12.3 Å². The molecule has 112 valence electrons. The molecular formula is C14H13F3N2O2. The van der Waals surface area contributed by atoms with E-state index in [-0.39, 0.29) is 18.5 Å². The fourth-order valence-corrected chi connectivity index (χ4v) is 2.03. The topological polar surface area (TPSA) is 53.4 Å². The van der Waals surface area contributed by atoms with Crippen molar-refractivity contribution in [2.75, 3.05) is 18.5 Å². The average molecular weight is 298 g/mol. The molecule has 0 unspecified atom stereocenters. The van der Waals surface area contributed by atoms with Crippen LogP contribution in [0.3, 0.4) is 0 Å². The summed E-state index contributed by atoms with van der Waals surface area (Å²) < 4.78 is 38.0. The maximum absolute atomic E-state index is 12.7. The summed E-state index contributed by atoms with van der Waals surface area (Å²) in [5.41, 5.74) is 0.118. The number of benzene rings is 1. The van der Waals surface area contributed by atoms with Crippen molar-refractivity contribution in [1.29, 1.82) is 0 Å². The fourth-order valence-electron chi connectivity index (χ4n) is 2.03. The summed E-state index contributed by atoms with van der Waals surface area (Å²) in [6.07, 6.45) is -3.06. The van der Waals surface area contributed by atoms with Crippen LogP contribution in [0.2, 0.25) is 0 Å². The molecule has 0 atom stereocenters. The van der Waals surface area contributed by atoms with Crippen molar-refractivity contribution in [2.24, 2.45) is 0 Å². The molecule has 1 aromatic heterocycles. The van der Waals surface area contributed by atoms with Gasteiger partial charge in [-0.05, 0) is 18.2 Å². The van der Waals surface area contributed by atoms with E-state index in [2.05, 4.69) is 4.98 Å². The lowest BCUT2D eigenvalue weighted by Gasteiger charge is -2.20. The molecule has 4 nitrogen and oxygen atoms in total. The number of halogens is 3. The van der Waals surface area contributed by atoms with Crippen LogP contribution in [0, 0.1) is 0 Å². The number of nitrogens with zero attached hydrogens (tertiary/aromatic N) is 2. The minimum atomic E-state index is -4.42. The van der Waals surface area contributed by atoms with Gasteiger partial charge in [0, 0.05) is 30.9 Å². The van der Waals surface area contributed by atoms with Gasteiger partial charge in [-0.15, -0.1) is 0 Å². The average Bonchev–Trinajstić information content (AvgIpc) is 2.42. The van der Waals surface area contributed by atoms with Gasteiger partial charge in [0.2, 0.25) is 0 Å². The number of rotatable bonds is 4. The van der Waals surface area contributed by atoms with Gasteiger partial charge in [-0.1, -0.05) is 6.07 Å². The Labute approximate surface area is 118 Å². The Kier molecular flexibility index (Phi) is 4.02. The summed E-state index contributed by atoms with van der Waals surface area (Å²) in [4.78, 5) is 16.2. The van der Waals surface area contributed by atoms with Gasteiger partial charge < -0.3 is 10.0 Å². The molecule has 0 bridgehead atoms. The van der Waals surface area contributed by atoms with Crippen molar-refractivity contribution in [3.05, 3.63) is 36.0 Å². The maximum Gasteiger partial charge on any atom is 0.416 e. The predicted octanol–water partition coefficient (Wildman–Crippen LogP) is 3.16. The number of anilines is 1. The van der Waals surface area contributed by atoms with Crippen LogP contribution < -0.4 is 4.90 Å². The van der Waals surface area contributed by atoms with Gasteiger partial charge in [0.05, 0.1) is 17.5 Å². The summed E-state index contributed by atoms with van der Waals surface area (Å²) in [6.45, 7) is 0.259. The van der Waals surface area contributed by atoms with Crippen molar-refractivity contribution >= 4 is 22.6 Å². The number of alkyl halides is 3. The molecule has 0 aliphatic heterocycles. The molecule has 1 heterocycles. The van der Waals surface area contributed by atoms with Gasteiger partial charge in [-0.2, -0.15) is 13.2 Å². The molecule has 1 aromatic carbocycles. The third-order valence-electron chi connectivity index (χ3n) is 3.12. The van der Waals surface area contributed by atoms with Crippen LogP contribution in [0.4, 0.5) is 18.9 Å². The van der Waals surface area contributed by atoms with E-state index >= 15 is 0 Å². The van der Waals surface area contributed by atoms with Crippen LogP contribution in [0.15, 0.2) is 30.5 Å². The molecule has 21 heavy (non-hydrogen) atoms. The Morgan fingerprint density at radius 2 is 2.05 bits per heavy atom. The van der Waals surface area contributed by atoms with Crippen molar-refractivity contribution in [1.82, 2.24) is 4.98 Å². The highest BCUT2D eigenvalue weighted by molar-refractivity contribution is 5.92. The normalized spacial score (nSPS) is 11.6. The quantitative estimate of drug-likeness (QED) is 0.942. The monoisotopic (exact) mass is 298 g/mol. The number of carbonyl (C=O) groups is 1. The molecule has 1 N–H and O–H groups in total. The number of carboxylic acid groups (broad SMARTS) is 1. The number of fused-ring (bicyclic) bond motifs is 1. The Bertz CT molecular complexity index is 671. The number of aliphatic carboxylic acids is 1. The Morgan fingerprint density at radius 3 is 2.67 bits per heavy atom. The third-order valence-corrected chi connectivity index (χ3v) is 3.12. The second kappa shape index (κ2) is 5.59. The Hall–Kier alpha value is -2.31. The fraction of sp³-hybridized carbons (Fsp3) is 0.286.